The van der Waals surface area contributed by atoms with E-state index in [2.05, 4.69) is 4.74 Å². The van der Waals surface area contributed by atoms with Crippen molar-refractivity contribution in [3.8, 4) is 6.07 Å². The van der Waals surface area contributed by atoms with Crippen molar-refractivity contribution in [3.05, 3.63) is 0 Å². The van der Waals surface area contributed by atoms with E-state index in [1.165, 1.54) is 20.3 Å². The second kappa shape index (κ2) is 2.31. The highest BCUT2D eigenvalue weighted by atomic mass is 16.5. The van der Waals surface area contributed by atoms with Crippen molar-refractivity contribution in [2.75, 3.05) is 0 Å². The van der Waals surface area contributed by atoms with Crippen molar-refractivity contribution >= 4 is 6.47 Å². The fourth-order valence-electron chi connectivity index (χ4n) is 0.127. The minimum absolute atomic E-state index is 1.03. The number of nitriles is 1. The van der Waals surface area contributed by atoms with Crippen molar-refractivity contribution < 1.29 is 9.53 Å². The van der Waals surface area contributed by atoms with Gasteiger partial charge in [0, 0.05) is 0 Å². The van der Waals surface area contributed by atoms with E-state index in [0.717, 1.165) is 0 Å². The predicted molar refractivity (Wildman–Crippen MR) is 26.5 cm³/mol. The third-order valence-electron chi connectivity index (χ3n) is 0.566. The average molecular weight is 112 g/mol. The smallest absolute Gasteiger partial charge is 0.419 e. The Morgan fingerprint density at radius 2 is 2.12 bits per heavy atom. The molecular weight excluding hydrogens is 106 g/mol. The summed E-state index contributed by atoms with van der Waals surface area (Å²) in [6, 6.07) is 1.76. The SMILES string of the molecule is CC(C)(C#N)O[C]=O. The second-order valence-corrected chi connectivity index (χ2v) is 1.81. The van der Waals surface area contributed by atoms with Crippen LogP contribution in [0.2, 0.25) is 0 Å². The predicted octanol–water partition coefficient (Wildman–Crippen LogP) is 0.372. The lowest BCUT2D eigenvalue weighted by Gasteiger charge is -2.09. The molecule has 0 unspecified atom stereocenters. The minimum atomic E-state index is -1.03. The number of hydrogen-bond acceptors (Lipinski definition) is 3. The summed E-state index contributed by atoms with van der Waals surface area (Å²) in [6.45, 7) is 4.15. The van der Waals surface area contributed by atoms with Crippen LogP contribution >= 0.6 is 0 Å². The molecule has 0 aromatic rings. The quantitative estimate of drug-likeness (QED) is 0.518. The maximum atomic E-state index is 9.48. The molecule has 0 aliphatic carbocycles. The van der Waals surface area contributed by atoms with Crippen LogP contribution in [0.25, 0.3) is 0 Å². The van der Waals surface area contributed by atoms with E-state index in [1.807, 2.05) is 0 Å². The molecule has 0 saturated carbocycles. The topological polar surface area (TPSA) is 50.1 Å². The molecule has 0 amide bonds. The Kier molecular flexibility index (Phi) is 2.01. The molecule has 0 heterocycles. The highest BCUT2D eigenvalue weighted by molar-refractivity contribution is 5.40. The summed E-state index contributed by atoms with van der Waals surface area (Å²) < 4.78 is 4.21. The van der Waals surface area contributed by atoms with E-state index < -0.39 is 5.60 Å². The average Bonchev–Trinajstić information content (AvgIpc) is 1.67. The van der Waals surface area contributed by atoms with Gasteiger partial charge < -0.3 is 4.74 Å². The van der Waals surface area contributed by atoms with Crippen LogP contribution in [-0.2, 0) is 9.53 Å². The summed E-state index contributed by atoms with van der Waals surface area (Å²) in [7, 11) is 0. The minimum Gasteiger partial charge on any atom is -0.436 e. The first-order valence-corrected chi connectivity index (χ1v) is 2.09. The molecule has 0 rings (SSSR count). The van der Waals surface area contributed by atoms with Gasteiger partial charge in [-0.25, -0.2) is 4.79 Å². The maximum absolute atomic E-state index is 9.48. The molecule has 3 nitrogen and oxygen atoms in total. The highest BCUT2D eigenvalue weighted by Crippen LogP contribution is 2.02. The van der Waals surface area contributed by atoms with Gasteiger partial charge in [-0.15, -0.1) is 0 Å². The molecule has 0 aliphatic rings. The maximum Gasteiger partial charge on any atom is 0.419 e. The monoisotopic (exact) mass is 112 g/mol. The number of hydrogen-bond donors (Lipinski definition) is 0. The molecule has 0 aromatic carbocycles. The summed E-state index contributed by atoms with van der Waals surface area (Å²) in [5.74, 6) is 0. The summed E-state index contributed by atoms with van der Waals surface area (Å²) in [5.41, 5.74) is -1.03. The molecule has 0 spiro atoms. The Labute approximate surface area is 47.9 Å². The van der Waals surface area contributed by atoms with Crippen LogP contribution in [0.1, 0.15) is 13.8 Å². The third-order valence-corrected chi connectivity index (χ3v) is 0.566. The molecule has 0 aliphatic heterocycles. The third kappa shape index (κ3) is 2.19. The summed E-state index contributed by atoms with van der Waals surface area (Å²) in [5, 5.41) is 8.17. The van der Waals surface area contributed by atoms with Gasteiger partial charge in [-0.3, -0.25) is 0 Å². The molecule has 8 heavy (non-hydrogen) atoms. The Bertz CT molecular complexity index is 123. The molecule has 0 saturated heterocycles. The lowest BCUT2D eigenvalue weighted by molar-refractivity contribution is 0.146. The van der Waals surface area contributed by atoms with Crippen molar-refractivity contribution in [1.82, 2.24) is 0 Å². The second-order valence-electron chi connectivity index (χ2n) is 1.81. The van der Waals surface area contributed by atoms with Crippen LogP contribution in [0.15, 0.2) is 0 Å². The van der Waals surface area contributed by atoms with Crippen LogP contribution in [-0.4, -0.2) is 12.1 Å². The Hall–Kier alpha value is -1.04. The normalized spacial score (nSPS) is 9.62. The van der Waals surface area contributed by atoms with Crippen LogP contribution in [0, 0.1) is 11.3 Å². The van der Waals surface area contributed by atoms with Crippen LogP contribution in [0.5, 0.6) is 0 Å². The summed E-state index contributed by atoms with van der Waals surface area (Å²) >= 11 is 0. The van der Waals surface area contributed by atoms with Gasteiger partial charge in [-0.05, 0) is 13.8 Å². The van der Waals surface area contributed by atoms with Crippen LogP contribution in [0.3, 0.4) is 0 Å². The number of ether oxygens (including phenoxy) is 1. The lowest BCUT2D eigenvalue weighted by Crippen LogP contribution is -2.20. The first kappa shape index (κ1) is 6.96. The van der Waals surface area contributed by atoms with E-state index in [0.29, 0.717) is 0 Å². The molecule has 0 bridgehead atoms. The Balaban J connectivity index is 3.76. The van der Waals surface area contributed by atoms with E-state index in [-0.39, 0.29) is 0 Å². The van der Waals surface area contributed by atoms with Gasteiger partial charge in [0.2, 0.25) is 0 Å². The van der Waals surface area contributed by atoms with E-state index >= 15 is 0 Å². The molecule has 0 atom stereocenters. The zero-order valence-electron chi connectivity index (χ0n) is 4.76. The van der Waals surface area contributed by atoms with Gasteiger partial charge >= 0.3 is 6.47 Å². The van der Waals surface area contributed by atoms with E-state index in [9.17, 15) is 4.79 Å². The molecular formula is C5H6NO2. The first-order chi connectivity index (χ1) is 3.62. The molecule has 43 valence electrons. The molecule has 0 N–H and O–H groups in total. The van der Waals surface area contributed by atoms with Crippen LogP contribution < -0.4 is 0 Å². The fraction of sp³-hybridized carbons (Fsp3) is 0.600. The van der Waals surface area contributed by atoms with Gasteiger partial charge in [0.15, 0.2) is 5.60 Å². The van der Waals surface area contributed by atoms with Gasteiger partial charge in [0.05, 0.1) is 0 Å². The Morgan fingerprint density at radius 1 is 1.62 bits per heavy atom. The molecule has 0 fully saturated rings. The number of carbonyl (C=O) groups excluding carboxylic acids is 1. The molecule has 3 heteroatoms. The summed E-state index contributed by atoms with van der Waals surface area (Å²) in [6.07, 6.45) is 0. The van der Waals surface area contributed by atoms with E-state index in [1.54, 1.807) is 6.07 Å². The van der Waals surface area contributed by atoms with Crippen molar-refractivity contribution in [2.24, 2.45) is 0 Å². The van der Waals surface area contributed by atoms with Crippen molar-refractivity contribution in [3.63, 3.8) is 0 Å². The van der Waals surface area contributed by atoms with E-state index in [4.69, 9.17) is 5.26 Å². The summed E-state index contributed by atoms with van der Waals surface area (Å²) in [4.78, 5) is 9.48. The Morgan fingerprint density at radius 3 is 2.25 bits per heavy atom. The zero-order chi connectivity index (χ0) is 6.62. The first-order valence-electron chi connectivity index (χ1n) is 2.09. The number of nitrogens with zero attached hydrogens (tertiary/aromatic N) is 1. The molecule has 0 aromatic heterocycles. The number of rotatable bonds is 2. The van der Waals surface area contributed by atoms with Crippen molar-refractivity contribution in [2.45, 2.75) is 19.4 Å². The van der Waals surface area contributed by atoms with Crippen LogP contribution in [0.4, 0.5) is 0 Å². The standard InChI is InChI=1S/C5H6NO2/c1-5(2,3-6)8-4-7/h1-2H3. The fourth-order valence-corrected chi connectivity index (χ4v) is 0.127. The molecule has 1 radical (unpaired) electrons. The lowest BCUT2D eigenvalue weighted by atomic mass is 10.2. The zero-order valence-corrected chi connectivity index (χ0v) is 4.76. The van der Waals surface area contributed by atoms with Gasteiger partial charge in [-0.2, -0.15) is 5.26 Å². The van der Waals surface area contributed by atoms with Gasteiger partial charge in [-0.1, -0.05) is 0 Å². The highest BCUT2D eigenvalue weighted by Gasteiger charge is 2.16. The van der Waals surface area contributed by atoms with Gasteiger partial charge in [0.1, 0.15) is 6.07 Å². The largest absolute Gasteiger partial charge is 0.436 e. The van der Waals surface area contributed by atoms with Gasteiger partial charge in [0.25, 0.3) is 0 Å². The van der Waals surface area contributed by atoms with Crippen molar-refractivity contribution in [1.29, 1.82) is 5.26 Å².